The Kier molecular flexibility index (Phi) is 24.1. The van der Waals surface area contributed by atoms with E-state index in [2.05, 4.69) is 177 Å². The van der Waals surface area contributed by atoms with E-state index in [9.17, 15) is 0 Å². The van der Waals surface area contributed by atoms with E-state index in [0.717, 1.165) is 13.1 Å². The third-order valence-corrected chi connectivity index (χ3v) is 6.27. The number of hydrogen-bond donors (Lipinski definition) is 0. The Hall–Kier alpha value is -3.26. The number of benzene rings is 3. The van der Waals surface area contributed by atoms with Gasteiger partial charge in [-0.2, -0.15) is 0 Å². The molecule has 0 radical (unpaired) electrons. The van der Waals surface area contributed by atoms with E-state index < -0.39 is 0 Å². The second kappa shape index (κ2) is 26.0. The van der Waals surface area contributed by atoms with Gasteiger partial charge in [0.1, 0.15) is 0 Å². The first kappa shape index (κ1) is 41.7. The molecule has 0 aliphatic heterocycles. The van der Waals surface area contributed by atoms with Crippen molar-refractivity contribution in [1.29, 1.82) is 0 Å². The highest BCUT2D eigenvalue weighted by atomic mass is 15.0. The lowest BCUT2D eigenvalue weighted by atomic mass is 10.0. The standard InChI is InChI=1S/C14H15N.C14H13N.5C3H8/c2*1-2-15-13-9-5-3-7-11(13)12-8-4-6-10-14(12)15;5*1-3-2/h3,5-7,9-10H,2,4,8H2,1H3;3-10H,2H2,1H3;5*3H2,1-2H3. The quantitative estimate of drug-likeness (QED) is 0.188. The molecule has 0 bridgehead atoms. The minimum atomic E-state index is 1.02. The van der Waals surface area contributed by atoms with Crippen molar-refractivity contribution in [3.63, 3.8) is 0 Å². The molecule has 6 rings (SSSR count). The number of hydrogen-bond acceptors (Lipinski definition) is 0. The monoisotopic (exact) mass is 613 g/mol. The van der Waals surface area contributed by atoms with Crippen LogP contribution in [-0.2, 0) is 19.5 Å². The van der Waals surface area contributed by atoms with E-state index in [1.807, 2.05) is 0 Å². The van der Waals surface area contributed by atoms with Crippen molar-refractivity contribution in [1.82, 2.24) is 9.13 Å². The van der Waals surface area contributed by atoms with Crippen LogP contribution < -0.4 is 0 Å². The third-order valence-electron chi connectivity index (χ3n) is 6.27. The summed E-state index contributed by atoms with van der Waals surface area (Å²) in [5.74, 6) is 0. The number of aromatic nitrogens is 2. The largest absolute Gasteiger partial charge is 0.341 e. The van der Waals surface area contributed by atoms with E-state index in [1.165, 1.54) is 88.9 Å². The Balaban J connectivity index is 0.000000603. The normalized spacial score (nSPS) is 10.6. The van der Waals surface area contributed by atoms with Gasteiger partial charge >= 0.3 is 0 Å². The Morgan fingerprint density at radius 2 is 0.778 bits per heavy atom. The lowest BCUT2D eigenvalue weighted by Gasteiger charge is -2.08. The zero-order chi connectivity index (χ0) is 34.0. The Labute approximate surface area is 278 Å². The van der Waals surface area contributed by atoms with Crippen molar-refractivity contribution in [2.75, 3.05) is 0 Å². The molecule has 2 heteroatoms. The van der Waals surface area contributed by atoms with Gasteiger partial charge in [0.25, 0.3) is 0 Å². The average molecular weight is 613 g/mol. The first-order valence-corrected chi connectivity index (χ1v) is 18.1. The molecule has 1 aliphatic carbocycles. The van der Waals surface area contributed by atoms with Crippen molar-refractivity contribution in [2.45, 2.75) is 141 Å². The molecule has 0 spiro atoms. The van der Waals surface area contributed by atoms with Gasteiger partial charge in [0.15, 0.2) is 0 Å². The number of allylic oxidation sites excluding steroid dienone is 1. The van der Waals surface area contributed by atoms with Gasteiger partial charge in [0.2, 0.25) is 0 Å². The highest BCUT2D eigenvalue weighted by molar-refractivity contribution is 6.07. The molecule has 2 heterocycles. The van der Waals surface area contributed by atoms with Gasteiger partial charge in [-0.1, -0.05) is 162 Å². The van der Waals surface area contributed by atoms with Crippen LogP contribution in [0.25, 0.3) is 38.8 Å². The summed E-state index contributed by atoms with van der Waals surface area (Å²) in [6.07, 6.45) is 13.2. The van der Waals surface area contributed by atoms with E-state index in [-0.39, 0.29) is 0 Å². The van der Waals surface area contributed by atoms with Crippen LogP contribution in [0.1, 0.15) is 133 Å². The molecule has 0 amide bonds. The molecular weight excluding hydrogens is 544 g/mol. The van der Waals surface area contributed by atoms with Gasteiger partial charge in [-0.25, -0.2) is 0 Å². The first-order chi connectivity index (χ1) is 21.9. The van der Waals surface area contributed by atoms with E-state index in [0.29, 0.717) is 0 Å². The molecule has 0 saturated carbocycles. The first-order valence-electron chi connectivity index (χ1n) is 18.1. The second-order valence-electron chi connectivity index (χ2n) is 11.4. The Morgan fingerprint density at radius 3 is 1.16 bits per heavy atom. The van der Waals surface area contributed by atoms with Crippen molar-refractivity contribution in [3.05, 3.63) is 90.1 Å². The number of rotatable bonds is 2. The molecular formula is C43H68N2. The fraction of sp³-hybridized carbons (Fsp3) is 0.488. The molecule has 250 valence electrons. The number of fused-ring (bicyclic) bond motifs is 6. The Bertz CT molecular complexity index is 1370. The van der Waals surface area contributed by atoms with Crippen LogP contribution in [0.3, 0.4) is 0 Å². The lowest BCUT2D eigenvalue weighted by molar-refractivity contribution is 0.778. The molecule has 5 aromatic rings. The topological polar surface area (TPSA) is 9.86 Å². The minimum absolute atomic E-state index is 1.02. The van der Waals surface area contributed by atoms with Gasteiger partial charge < -0.3 is 9.13 Å². The molecule has 1 aliphatic rings. The van der Waals surface area contributed by atoms with Gasteiger partial charge in [-0.15, -0.1) is 0 Å². The number of nitrogens with zero attached hydrogens (tertiary/aromatic N) is 2. The maximum atomic E-state index is 2.42. The van der Waals surface area contributed by atoms with Crippen LogP contribution in [0.15, 0.2) is 78.9 Å². The average Bonchev–Trinajstić information content (AvgIpc) is 3.56. The second-order valence-corrected chi connectivity index (χ2v) is 11.4. The molecule has 0 saturated heterocycles. The summed E-state index contributed by atoms with van der Waals surface area (Å²) in [4.78, 5) is 0. The SMILES string of the molecule is CCC.CCC.CCC.CCC.CCC.CCn1c2c(c3ccccc31)CCC=C2.CCn1c2ccccc2c2ccccc21. The molecule has 2 aromatic heterocycles. The molecule has 0 fully saturated rings. The van der Waals surface area contributed by atoms with Crippen molar-refractivity contribution >= 4 is 38.8 Å². The summed E-state index contributed by atoms with van der Waals surface area (Å²) >= 11 is 0. The predicted octanol–water partition coefficient (Wildman–Crippen LogP) is 14.5. The fourth-order valence-corrected chi connectivity index (χ4v) is 4.96. The summed E-state index contributed by atoms with van der Waals surface area (Å²) in [5, 5.41) is 4.16. The van der Waals surface area contributed by atoms with Gasteiger partial charge in [-0.3, -0.25) is 0 Å². The fourth-order valence-electron chi connectivity index (χ4n) is 4.96. The van der Waals surface area contributed by atoms with Gasteiger partial charge in [0.05, 0.1) is 0 Å². The number of aryl methyl sites for hydroxylation is 3. The van der Waals surface area contributed by atoms with Crippen LogP contribution >= 0.6 is 0 Å². The van der Waals surface area contributed by atoms with Crippen LogP contribution in [-0.4, -0.2) is 9.13 Å². The summed E-state index contributed by atoms with van der Waals surface area (Å²) < 4.78 is 4.78. The lowest BCUT2D eigenvalue weighted by Crippen LogP contribution is -1.99. The van der Waals surface area contributed by atoms with Crippen molar-refractivity contribution < 1.29 is 0 Å². The highest BCUT2D eigenvalue weighted by Gasteiger charge is 2.15. The van der Waals surface area contributed by atoms with Crippen molar-refractivity contribution in [3.8, 4) is 0 Å². The van der Waals surface area contributed by atoms with E-state index >= 15 is 0 Å². The summed E-state index contributed by atoms with van der Waals surface area (Å²) in [7, 11) is 0. The van der Waals surface area contributed by atoms with Gasteiger partial charge in [-0.05, 0) is 56.5 Å². The van der Waals surface area contributed by atoms with Crippen LogP contribution in [0.4, 0.5) is 0 Å². The molecule has 0 unspecified atom stereocenters. The maximum Gasteiger partial charge on any atom is 0.0491 e. The van der Waals surface area contributed by atoms with Crippen LogP contribution in [0.5, 0.6) is 0 Å². The van der Waals surface area contributed by atoms with Crippen LogP contribution in [0.2, 0.25) is 0 Å². The maximum absolute atomic E-state index is 2.42. The van der Waals surface area contributed by atoms with Gasteiger partial charge in [0, 0.05) is 51.5 Å². The smallest absolute Gasteiger partial charge is 0.0491 e. The predicted molar refractivity (Wildman–Crippen MR) is 210 cm³/mol. The molecule has 3 aromatic carbocycles. The van der Waals surface area contributed by atoms with E-state index in [1.54, 1.807) is 0 Å². The zero-order valence-electron chi connectivity index (χ0n) is 31.3. The minimum Gasteiger partial charge on any atom is -0.341 e. The summed E-state index contributed by atoms with van der Waals surface area (Å²) in [6, 6.07) is 25.9. The summed E-state index contributed by atoms with van der Waals surface area (Å²) in [5.41, 5.74) is 7.01. The highest BCUT2D eigenvalue weighted by Crippen LogP contribution is 2.31. The van der Waals surface area contributed by atoms with Crippen LogP contribution in [0, 0.1) is 0 Å². The molecule has 0 N–H and O–H groups in total. The molecule has 2 nitrogen and oxygen atoms in total. The van der Waals surface area contributed by atoms with Crippen molar-refractivity contribution in [2.24, 2.45) is 0 Å². The summed E-state index contributed by atoms with van der Waals surface area (Å²) in [6.45, 7) is 27.7. The molecule has 0 atom stereocenters. The number of para-hydroxylation sites is 3. The molecule has 45 heavy (non-hydrogen) atoms. The van der Waals surface area contributed by atoms with E-state index in [4.69, 9.17) is 0 Å². The zero-order valence-corrected chi connectivity index (χ0v) is 31.3. The Morgan fingerprint density at radius 1 is 0.444 bits per heavy atom. The third kappa shape index (κ3) is 12.9.